The Hall–Kier alpha value is -0.710. The van der Waals surface area contributed by atoms with Crippen LogP contribution in [-0.2, 0) is 9.53 Å². The van der Waals surface area contributed by atoms with Crippen LogP contribution in [0.4, 0.5) is 0 Å². The van der Waals surface area contributed by atoms with Gasteiger partial charge in [0, 0.05) is 18.9 Å². The lowest BCUT2D eigenvalue weighted by Gasteiger charge is -2.63. The van der Waals surface area contributed by atoms with E-state index in [0.717, 1.165) is 25.7 Å². The van der Waals surface area contributed by atoms with Crippen LogP contribution in [0.1, 0.15) is 106 Å². The van der Waals surface area contributed by atoms with Crippen molar-refractivity contribution in [3.63, 3.8) is 0 Å². The van der Waals surface area contributed by atoms with Crippen LogP contribution in [0.5, 0.6) is 0 Å². The fourth-order valence-electron chi connectivity index (χ4n) is 9.72. The molecule has 0 aromatic heterocycles. The van der Waals surface area contributed by atoms with Crippen LogP contribution in [0.25, 0.3) is 0 Å². The highest BCUT2D eigenvalue weighted by molar-refractivity contribution is 5.85. The van der Waals surface area contributed by atoms with Gasteiger partial charge in [-0.2, -0.15) is 0 Å². The van der Waals surface area contributed by atoms with Crippen LogP contribution in [0.15, 0.2) is 11.6 Å². The monoisotopic (exact) mass is 488 g/mol. The maximum absolute atomic E-state index is 12.8. The minimum absolute atomic E-state index is 0.160. The maximum Gasteiger partial charge on any atom is 0.138 e. The summed E-state index contributed by atoms with van der Waals surface area (Å²) in [4.78, 5) is 12.8. The molecule has 4 nitrogen and oxygen atoms in total. The molecular formula is C31H52O4. The summed E-state index contributed by atoms with van der Waals surface area (Å²) in [6, 6.07) is 0. The Kier molecular flexibility index (Phi) is 6.98. The molecule has 4 aliphatic carbocycles. The number of carbonyl (C=O) groups is 1. The van der Waals surface area contributed by atoms with Gasteiger partial charge in [-0.1, -0.05) is 53.2 Å². The lowest BCUT2D eigenvalue weighted by atomic mass is 9.41. The number of aliphatic hydroxyl groups is 2. The van der Waals surface area contributed by atoms with E-state index in [1.165, 1.54) is 25.7 Å². The second-order valence-electron chi connectivity index (χ2n) is 14.3. The first-order valence-electron chi connectivity index (χ1n) is 14.3. The molecule has 35 heavy (non-hydrogen) atoms. The first kappa shape index (κ1) is 27.3. The molecular weight excluding hydrogens is 436 g/mol. The summed E-state index contributed by atoms with van der Waals surface area (Å²) < 4.78 is 5.43. The van der Waals surface area contributed by atoms with E-state index < -0.39 is 11.7 Å². The average molecular weight is 489 g/mol. The van der Waals surface area contributed by atoms with Crippen LogP contribution in [-0.4, -0.2) is 41.4 Å². The summed E-state index contributed by atoms with van der Waals surface area (Å²) in [5.74, 6) is 2.71. The molecule has 200 valence electrons. The van der Waals surface area contributed by atoms with Gasteiger partial charge >= 0.3 is 0 Å². The van der Waals surface area contributed by atoms with Gasteiger partial charge in [0.05, 0.1) is 12.7 Å². The smallest absolute Gasteiger partial charge is 0.138 e. The molecule has 3 fully saturated rings. The molecule has 0 spiro atoms. The molecule has 4 rings (SSSR count). The van der Waals surface area contributed by atoms with Gasteiger partial charge in [-0.25, -0.2) is 0 Å². The minimum Gasteiger partial charge on any atom is -0.393 e. The van der Waals surface area contributed by atoms with Crippen molar-refractivity contribution in [3.8, 4) is 0 Å². The van der Waals surface area contributed by atoms with E-state index in [-0.39, 0.29) is 22.9 Å². The lowest BCUT2D eigenvalue weighted by Crippen LogP contribution is -2.56. The van der Waals surface area contributed by atoms with Crippen LogP contribution in [0.2, 0.25) is 0 Å². The highest BCUT2D eigenvalue weighted by Crippen LogP contribution is 2.72. The van der Waals surface area contributed by atoms with Crippen molar-refractivity contribution in [2.24, 2.45) is 45.3 Å². The quantitative estimate of drug-likeness (QED) is 0.411. The topological polar surface area (TPSA) is 66.8 Å². The molecule has 9 unspecified atom stereocenters. The number of allylic oxidation sites excluding steroid dienone is 2. The highest BCUT2D eigenvalue weighted by atomic mass is 16.5. The van der Waals surface area contributed by atoms with Crippen molar-refractivity contribution >= 4 is 5.78 Å². The van der Waals surface area contributed by atoms with Crippen molar-refractivity contribution in [1.29, 1.82) is 0 Å². The third-order valence-electron chi connectivity index (χ3n) is 12.7. The number of fused-ring (bicyclic) bond motifs is 5. The van der Waals surface area contributed by atoms with Gasteiger partial charge in [-0.3, -0.25) is 4.79 Å². The first-order chi connectivity index (χ1) is 16.2. The number of methoxy groups -OCH3 is 1. The van der Waals surface area contributed by atoms with Crippen LogP contribution in [0.3, 0.4) is 0 Å². The summed E-state index contributed by atoms with van der Waals surface area (Å²) in [6.45, 7) is 16.0. The van der Waals surface area contributed by atoms with Gasteiger partial charge in [0.25, 0.3) is 0 Å². The zero-order valence-corrected chi connectivity index (χ0v) is 23.7. The predicted molar refractivity (Wildman–Crippen MR) is 141 cm³/mol. The third-order valence-corrected chi connectivity index (χ3v) is 12.7. The van der Waals surface area contributed by atoms with Crippen LogP contribution >= 0.6 is 0 Å². The fraction of sp³-hybridized carbons (Fsp3) is 0.903. The van der Waals surface area contributed by atoms with Crippen molar-refractivity contribution in [1.82, 2.24) is 0 Å². The standard InChI is InChI=1S/C31H52O4/c1-20(9-12-26(34)31(7,19-32)35-8)21-13-17-30(6)23-10-11-24-27(2,3)25(33)15-16-28(24,4)22(23)14-18-29(21,30)5/h14,20-21,23-24,26,32,34H,9-13,15-19H2,1-8H3. The Labute approximate surface area is 214 Å². The van der Waals surface area contributed by atoms with E-state index in [4.69, 9.17) is 4.74 Å². The molecule has 2 N–H and O–H groups in total. The first-order valence-corrected chi connectivity index (χ1v) is 14.3. The number of ether oxygens (including phenoxy) is 1. The SMILES string of the molecule is COC(C)(CO)C(O)CCC(C)C1CCC2(C)C3CCC4C(C)(C)C(=O)CCC4(C)C3=CCC12C. The van der Waals surface area contributed by atoms with E-state index in [0.29, 0.717) is 41.3 Å². The second-order valence-corrected chi connectivity index (χ2v) is 14.3. The van der Waals surface area contributed by atoms with Gasteiger partial charge in [0.1, 0.15) is 11.4 Å². The summed E-state index contributed by atoms with van der Waals surface area (Å²) in [7, 11) is 1.57. The predicted octanol–water partition coefficient (Wildman–Crippen LogP) is 6.34. The van der Waals surface area contributed by atoms with Gasteiger partial charge in [-0.15, -0.1) is 0 Å². The molecule has 0 heterocycles. The summed E-state index contributed by atoms with van der Waals surface area (Å²) in [5, 5.41) is 20.5. The molecule has 0 bridgehead atoms. The maximum atomic E-state index is 12.8. The van der Waals surface area contributed by atoms with E-state index in [9.17, 15) is 15.0 Å². The Bertz CT molecular complexity index is 856. The Morgan fingerprint density at radius 2 is 1.77 bits per heavy atom. The number of Topliss-reactive ketones (excluding diaryl/α,β-unsaturated/α-hetero) is 1. The molecule has 0 aromatic carbocycles. The zero-order chi connectivity index (χ0) is 26.0. The van der Waals surface area contributed by atoms with Crippen molar-refractivity contribution in [2.45, 2.75) is 118 Å². The summed E-state index contributed by atoms with van der Waals surface area (Å²) >= 11 is 0. The van der Waals surface area contributed by atoms with E-state index in [1.807, 2.05) is 0 Å². The number of rotatable bonds is 7. The third kappa shape index (κ3) is 3.83. The van der Waals surface area contributed by atoms with Crippen molar-refractivity contribution in [3.05, 3.63) is 11.6 Å². The van der Waals surface area contributed by atoms with Crippen LogP contribution < -0.4 is 0 Å². The largest absolute Gasteiger partial charge is 0.393 e. The number of hydrogen-bond acceptors (Lipinski definition) is 4. The molecule has 0 amide bonds. The van der Waals surface area contributed by atoms with Crippen molar-refractivity contribution in [2.75, 3.05) is 13.7 Å². The van der Waals surface area contributed by atoms with Gasteiger partial charge in [-0.05, 0) is 98.2 Å². The van der Waals surface area contributed by atoms with E-state index >= 15 is 0 Å². The second kappa shape index (κ2) is 8.95. The molecule has 3 saturated carbocycles. The minimum atomic E-state index is -0.889. The lowest BCUT2D eigenvalue weighted by molar-refractivity contribution is -0.142. The molecule has 0 aromatic rings. The average Bonchev–Trinajstić information content (AvgIpc) is 3.10. The Balaban J connectivity index is 1.56. The summed E-state index contributed by atoms with van der Waals surface area (Å²) in [5.41, 5.74) is 1.31. The molecule has 4 heteroatoms. The molecule has 0 aliphatic heterocycles. The Morgan fingerprint density at radius 1 is 1.09 bits per heavy atom. The van der Waals surface area contributed by atoms with Crippen molar-refractivity contribution < 1.29 is 19.7 Å². The van der Waals surface area contributed by atoms with Gasteiger partial charge in [0.15, 0.2) is 0 Å². The molecule has 9 atom stereocenters. The number of aliphatic hydroxyl groups excluding tert-OH is 2. The number of ketones is 1. The van der Waals surface area contributed by atoms with E-state index in [2.05, 4.69) is 47.6 Å². The molecule has 0 radical (unpaired) electrons. The highest BCUT2D eigenvalue weighted by Gasteiger charge is 2.65. The van der Waals surface area contributed by atoms with Crippen LogP contribution in [0, 0.1) is 45.3 Å². The number of carbonyl (C=O) groups excluding carboxylic acids is 1. The summed E-state index contributed by atoms with van der Waals surface area (Å²) in [6.07, 6.45) is 11.4. The molecule has 4 aliphatic rings. The van der Waals surface area contributed by atoms with Gasteiger partial charge in [0.2, 0.25) is 0 Å². The number of hydrogen-bond donors (Lipinski definition) is 2. The normalized spacial score (nSPS) is 43.9. The Morgan fingerprint density at radius 3 is 2.40 bits per heavy atom. The van der Waals surface area contributed by atoms with Gasteiger partial charge < -0.3 is 14.9 Å². The van der Waals surface area contributed by atoms with E-state index in [1.54, 1.807) is 19.6 Å². The molecule has 0 saturated heterocycles. The zero-order valence-electron chi connectivity index (χ0n) is 23.7. The fourth-order valence-corrected chi connectivity index (χ4v) is 9.72.